The highest BCUT2D eigenvalue weighted by molar-refractivity contribution is 5.84. The highest BCUT2D eigenvalue weighted by atomic mass is 16.4. The molecule has 0 bridgehead atoms. The molecule has 0 aliphatic carbocycles. The van der Waals surface area contributed by atoms with Crippen LogP contribution in [0.5, 0.6) is 0 Å². The second kappa shape index (κ2) is 7.18. The summed E-state index contributed by atoms with van der Waals surface area (Å²) in [5.41, 5.74) is 0. The van der Waals surface area contributed by atoms with Crippen LogP contribution in [-0.2, 0) is 6.54 Å². The van der Waals surface area contributed by atoms with Crippen LogP contribution in [0.1, 0.15) is 37.1 Å². The minimum Gasteiger partial charge on any atom is -0.475 e. The van der Waals surface area contributed by atoms with Gasteiger partial charge in [-0.05, 0) is 32.1 Å². The summed E-state index contributed by atoms with van der Waals surface area (Å²) in [6.45, 7) is 9.98. The van der Waals surface area contributed by atoms with E-state index in [1.807, 2.05) is 0 Å². The van der Waals surface area contributed by atoms with Gasteiger partial charge in [-0.2, -0.15) is 0 Å². The van der Waals surface area contributed by atoms with Gasteiger partial charge in [0.15, 0.2) is 0 Å². The molecule has 0 aromatic carbocycles. The summed E-state index contributed by atoms with van der Waals surface area (Å²) in [5.74, 6) is -0.389. The molecule has 0 saturated carbocycles. The molecule has 0 saturated heterocycles. The second-order valence-electron chi connectivity index (χ2n) is 4.34. The first-order valence-electron chi connectivity index (χ1n) is 6.34. The van der Waals surface area contributed by atoms with Crippen molar-refractivity contribution in [3.63, 3.8) is 0 Å². The summed E-state index contributed by atoms with van der Waals surface area (Å²) in [5, 5.41) is 12.1. The van der Waals surface area contributed by atoms with E-state index in [1.54, 1.807) is 6.07 Å². The van der Waals surface area contributed by atoms with Crippen LogP contribution in [0.4, 0.5) is 0 Å². The van der Waals surface area contributed by atoms with Crippen molar-refractivity contribution in [2.75, 3.05) is 19.6 Å². The standard InChI is InChI=1S/C13H22N2O3/c1-4-15(5-2)9-10(3)14-8-11-6-7-12(18-11)13(16)17/h6-7,10,14H,4-5,8-9H2,1-3H3,(H,16,17). The molecule has 102 valence electrons. The van der Waals surface area contributed by atoms with E-state index in [0.29, 0.717) is 18.3 Å². The summed E-state index contributed by atoms with van der Waals surface area (Å²) in [6.07, 6.45) is 0. The summed E-state index contributed by atoms with van der Waals surface area (Å²) < 4.78 is 5.18. The van der Waals surface area contributed by atoms with Gasteiger partial charge in [-0.1, -0.05) is 13.8 Å². The van der Waals surface area contributed by atoms with Crippen molar-refractivity contribution in [1.29, 1.82) is 0 Å². The Hall–Kier alpha value is -1.33. The fourth-order valence-corrected chi connectivity index (χ4v) is 1.80. The molecule has 1 unspecified atom stereocenters. The molecule has 1 heterocycles. The molecule has 0 radical (unpaired) electrons. The number of carboxylic acid groups (broad SMARTS) is 1. The Kier molecular flexibility index (Phi) is 5.88. The third-order valence-electron chi connectivity index (χ3n) is 2.92. The van der Waals surface area contributed by atoms with Gasteiger partial charge < -0.3 is 19.7 Å². The number of carbonyl (C=O) groups is 1. The number of nitrogens with zero attached hydrogens (tertiary/aromatic N) is 1. The minimum absolute atomic E-state index is 0.0109. The van der Waals surface area contributed by atoms with E-state index >= 15 is 0 Å². The highest BCUT2D eigenvalue weighted by Gasteiger charge is 2.10. The maximum Gasteiger partial charge on any atom is 0.371 e. The third-order valence-corrected chi connectivity index (χ3v) is 2.92. The molecule has 0 spiro atoms. The minimum atomic E-state index is -1.03. The van der Waals surface area contributed by atoms with Crippen molar-refractivity contribution in [3.8, 4) is 0 Å². The number of hydrogen-bond acceptors (Lipinski definition) is 4. The smallest absolute Gasteiger partial charge is 0.371 e. The van der Waals surface area contributed by atoms with E-state index < -0.39 is 5.97 Å². The molecule has 5 nitrogen and oxygen atoms in total. The molecule has 0 amide bonds. The van der Waals surface area contributed by atoms with Crippen LogP contribution in [0.2, 0.25) is 0 Å². The first-order valence-corrected chi connectivity index (χ1v) is 6.34. The van der Waals surface area contributed by atoms with Crippen molar-refractivity contribution in [2.45, 2.75) is 33.4 Å². The lowest BCUT2D eigenvalue weighted by Crippen LogP contribution is -2.38. The number of carboxylic acids is 1. The highest BCUT2D eigenvalue weighted by Crippen LogP contribution is 2.07. The zero-order valence-corrected chi connectivity index (χ0v) is 11.3. The molecule has 1 atom stereocenters. The summed E-state index contributed by atoms with van der Waals surface area (Å²) in [7, 11) is 0. The van der Waals surface area contributed by atoms with Gasteiger partial charge in [0.2, 0.25) is 5.76 Å². The van der Waals surface area contributed by atoms with Crippen molar-refractivity contribution < 1.29 is 14.3 Å². The maximum atomic E-state index is 10.7. The van der Waals surface area contributed by atoms with Gasteiger partial charge in [-0.25, -0.2) is 4.79 Å². The average molecular weight is 254 g/mol. The van der Waals surface area contributed by atoms with E-state index in [0.717, 1.165) is 19.6 Å². The molecular weight excluding hydrogens is 232 g/mol. The van der Waals surface area contributed by atoms with Gasteiger partial charge in [0.25, 0.3) is 0 Å². The number of hydrogen-bond donors (Lipinski definition) is 2. The molecule has 2 N–H and O–H groups in total. The molecule has 0 aliphatic heterocycles. The summed E-state index contributed by atoms with van der Waals surface area (Å²) >= 11 is 0. The zero-order chi connectivity index (χ0) is 13.5. The fraction of sp³-hybridized carbons (Fsp3) is 0.615. The van der Waals surface area contributed by atoms with Crippen LogP contribution >= 0.6 is 0 Å². The van der Waals surface area contributed by atoms with E-state index in [4.69, 9.17) is 9.52 Å². The Labute approximate surface area is 108 Å². The number of furan rings is 1. The van der Waals surface area contributed by atoms with Crippen LogP contribution in [0, 0.1) is 0 Å². The van der Waals surface area contributed by atoms with Crippen LogP contribution < -0.4 is 5.32 Å². The lowest BCUT2D eigenvalue weighted by molar-refractivity contribution is 0.0660. The van der Waals surface area contributed by atoms with Crippen LogP contribution in [0.25, 0.3) is 0 Å². The molecule has 5 heteroatoms. The van der Waals surface area contributed by atoms with Gasteiger partial charge >= 0.3 is 5.97 Å². The number of aromatic carboxylic acids is 1. The first-order chi connectivity index (χ1) is 8.56. The van der Waals surface area contributed by atoms with Gasteiger partial charge in [0.1, 0.15) is 5.76 Å². The summed E-state index contributed by atoms with van der Waals surface area (Å²) in [4.78, 5) is 13.0. The molecule has 0 fully saturated rings. The van der Waals surface area contributed by atoms with Crippen LogP contribution in [0.3, 0.4) is 0 Å². The molecule has 1 aromatic heterocycles. The van der Waals surface area contributed by atoms with E-state index in [-0.39, 0.29) is 5.76 Å². The molecule has 1 aromatic rings. The summed E-state index contributed by atoms with van der Waals surface area (Å²) in [6, 6.07) is 3.51. The number of nitrogens with one attached hydrogen (secondary N) is 1. The van der Waals surface area contributed by atoms with E-state index in [1.165, 1.54) is 6.07 Å². The van der Waals surface area contributed by atoms with Crippen molar-refractivity contribution in [2.24, 2.45) is 0 Å². The third kappa shape index (κ3) is 4.50. The Morgan fingerprint density at radius 1 is 1.44 bits per heavy atom. The second-order valence-corrected chi connectivity index (χ2v) is 4.34. The Balaban J connectivity index is 2.37. The Morgan fingerprint density at radius 3 is 2.61 bits per heavy atom. The number of likely N-dealkylation sites (N-methyl/N-ethyl adjacent to an activating group) is 1. The normalized spacial score (nSPS) is 12.9. The van der Waals surface area contributed by atoms with Gasteiger partial charge in [-0.3, -0.25) is 0 Å². The predicted molar refractivity (Wildman–Crippen MR) is 69.8 cm³/mol. The zero-order valence-electron chi connectivity index (χ0n) is 11.3. The average Bonchev–Trinajstić information content (AvgIpc) is 2.82. The number of rotatable bonds is 8. The largest absolute Gasteiger partial charge is 0.475 e. The topological polar surface area (TPSA) is 65.7 Å². The van der Waals surface area contributed by atoms with Gasteiger partial charge in [-0.15, -0.1) is 0 Å². The SMILES string of the molecule is CCN(CC)CC(C)NCc1ccc(C(=O)O)o1. The predicted octanol–water partition coefficient (Wildman–Crippen LogP) is 1.80. The molecule has 18 heavy (non-hydrogen) atoms. The van der Waals surface area contributed by atoms with Crippen LogP contribution in [0.15, 0.2) is 16.5 Å². The maximum absolute atomic E-state index is 10.7. The van der Waals surface area contributed by atoms with E-state index in [2.05, 4.69) is 31.0 Å². The monoisotopic (exact) mass is 254 g/mol. The van der Waals surface area contributed by atoms with Crippen molar-refractivity contribution in [3.05, 3.63) is 23.7 Å². The molecule has 0 aliphatic rings. The van der Waals surface area contributed by atoms with Crippen molar-refractivity contribution >= 4 is 5.97 Å². The molecule has 1 rings (SSSR count). The Morgan fingerprint density at radius 2 is 2.11 bits per heavy atom. The van der Waals surface area contributed by atoms with Crippen LogP contribution in [-0.4, -0.2) is 41.7 Å². The van der Waals surface area contributed by atoms with Gasteiger partial charge in [0.05, 0.1) is 6.54 Å². The Bertz CT molecular complexity index is 372. The lowest BCUT2D eigenvalue weighted by atomic mass is 10.3. The van der Waals surface area contributed by atoms with Crippen molar-refractivity contribution in [1.82, 2.24) is 10.2 Å². The lowest BCUT2D eigenvalue weighted by Gasteiger charge is -2.23. The van der Waals surface area contributed by atoms with Gasteiger partial charge in [0, 0.05) is 12.6 Å². The fourth-order valence-electron chi connectivity index (χ4n) is 1.80. The first kappa shape index (κ1) is 14.7. The molecular formula is C13H22N2O3. The van der Waals surface area contributed by atoms with E-state index in [9.17, 15) is 4.79 Å². The quantitative estimate of drug-likeness (QED) is 0.740.